The molecule has 0 saturated heterocycles. The molecule has 1 aromatic carbocycles. The van der Waals surface area contributed by atoms with Gasteiger partial charge < -0.3 is 10.4 Å². The van der Waals surface area contributed by atoms with Crippen LogP contribution in [0.15, 0.2) is 24.3 Å². The first-order valence-corrected chi connectivity index (χ1v) is 7.09. The van der Waals surface area contributed by atoms with E-state index in [4.69, 9.17) is 5.26 Å². The Morgan fingerprint density at radius 2 is 1.84 bits per heavy atom. The molecular formula is C16H22N2O. The topological polar surface area (TPSA) is 56.0 Å². The molecule has 1 aliphatic rings. The largest absolute Gasteiger partial charge is 0.396 e. The highest BCUT2D eigenvalue weighted by atomic mass is 16.3. The predicted molar refractivity (Wildman–Crippen MR) is 75.5 cm³/mol. The van der Waals surface area contributed by atoms with Crippen LogP contribution in [0.3, 0.4) is 0 Å². The summed E-state index contributed by atoms with van der Waals surface area (Å²) < 4.78 is 0. The lowest BCUT2D eigenvalue weighted by atomic mass is 9.74. The van der Waals surface area contributed by atoms with Gasteiger partial charge in [0.15, 0.2) is 0 Å². The van der Waals surface area contributed by atoms with E-state index < -0.39 is 0 Å². The van der Waals surface area contributed by atoms with Crippen LogP contribution >= 0.6 is 0 Å². The molecule has 0 heterocycles. The van der Waals surface area contributed by atoms with Gasteiger partial charge in [-0.15, -0.1) is 0 Å². The van der Waals surface area contributed by atoms with Crippen molar-refractivity contribution in [3.8, 4) is 6.07 Å². The average molecular weight is 258 g/mol. The second kappa shape index (κ2) is 6.70. The maximum atomic E-state index is 9.63. The fourth-order valence-electron chi connectivity index (χ4n) is 2.86. The van der Waals surface area contributed by atoms with Crippen molar-refractivity contribution in [2.24, 2.45) is 5.41 Å². The molecule has 2 rings (SSSR count). The Labute approximate surface area is 115 Å². The van der Waals surface area contributed by atoms with Crippen LogP contribution in [0.1, 0.15) is 43.2 Å². The highest BCUT2D eigenvalue weighted by molar-refractivity contribution is 5.31. The zero-order chi connectivity index (χ0) is 13.6. The molecule has 0 aromatic heterocycles. The van der Waals surface area contributed by atoms with Crippen LogP contribution in [0, 0.1) is 16.7 Å². The standard InChI is InChI=1S/C16H22N2O/c17-10-14-4-6-15(7-5-14)11-18-12-16(13-19)8-2-1-3-9-16/h4-7,18-19H,1-3,8-9,11-13H2. The Bertz CT molecular complexity index is 427. The van der Waals surface area contributed by atoms with Gasteiger partial charge in [0, 0.05) is 25.1 Å². The summed E-state index contributed by atoms with van der Waals surface area (Å²) >= 11 is 0. The van der Waals surface area contributed by atoms with Gasteiger partial charge in [-0.25, -0.2) is 0 Å². The number of aliphatic hydroxyl groups excluding tert-OH is 1. The highest BCUT2D eigenvalue weighted by Gasteiger charge is 2.30. The van der Waals surface area contributed by atoms with Gasteiger partial charge in [-0.2, -0.15) is 5.26 Å². The maximum Gasteiger partial charge on any atom is 0.0991 e. The molecule has 0 spiro atoms. The van der Waals surface area contributed by atoms with Gasteiger partial charge >= 0.3 is 0 Å². The van der Waals surface area contributed by atoms with Crippen LogP contribution in [0.25, 0.3) is 0 Å². The Morgan fingerprint density at radius 3 is 2.42 bits per heavy atom. The van der Waals surface area contributed by atoms with Crippen molar-refractivity contribution in [1.29, 1.82) is 5.26 Å². The zero-order valence-corrected chi connectivity index (χ0v) is 11.4. The van der Waals surface area contributed by atoms with E-state index in [0.29, 0.717) is 5.56 Å². The Balaban J connectivity index is 1.83. The molecule has 2 N–H and O–H groups in total. The first kappa shape index (κ1) is 14.0. The summed E-state index contributed by atoms with van der Waals surface area (Å²) in [5.41, 5.74) is 1.97. The monoisotopic (exact) mass is 258 g/mol. The van der Waals surface area contributed by atoms with Crippen LogP contribution < -0.4 is 5.32 Å². The molecule has 1 fully saturated rings. The highest BCUT2D eigenvalue weighted by Crippen LogP contribution is 2.35. The lowest BCUT2D eigenvalue weighted by molar-refractivity contribution is 0.0810. The molecule has 3 heteroatoms. The summed E-state index contributed by atoms with van der Waals surface area (Å²) in [6.45, 7) is 1.96. The molecule has 19 heavy (non-hydrogen) atoms. The number of nitrogens with one attached hydrogen (secondary N) is 1. The first-order chi connectivity index (χ1) is 9.28. The van der Waals surface area contributed by atoms with E-state index in [0.717, 1.165) is 25.9 Å². The fraction of sp³-hybridized carbons (Fsp3) is 0.562. The predicted octanol–water partition coefficient (Wildman–Crippen LogP) is 2.59. The zero-order valence-electron chi connectivity index (χ0n) is 11.4. The van der Waals surface area contributed by atoms with Gasteiger partial charge in [-0.3, -0.25) is 0 Å². The van der Waals surface area contributed by atoms with E-state index >= 15 is 0 Å². The number of hydrogen-bond acceptors (Lipinski definition) is 3. The second-order valence-corrected chi connectivity index (χ2v) is 5.63. The minimum Gasteiger partial charge on any atom is -0.396 e. The normalized spacial score (nSPS) is 17.9. The van der Waals surface area contributed by atoms with E-state index in [1.807, 2.05) is 24.3 Å². The molecule has 1 aliphatic carbocycles. The Hall–Kier alpha value is -1.37. The summed E-state index contributed by atoms with van der Waals surface area (Å²) in [5.74, 6) is 0. The van der Waals surface area contributed by atoms with E-state index in [1.165, 1.54) is 24.8 Å². The third-order valence-corrected chi connectivity index (χ3v) is 4.16. The lowest BCUT2D eigenvalue weighted by Gasteiger charge is -2.35. The van der Waals surface area contributed by atoms with Crippen molar-refractivity contribution >= 4 is 0 Å². The lowest BCUT2D eigenvalue weighted by Crippen LogP contribution is -2.38. The van der Waals surface area contributed by atoms with Crippen molar-refractivity contribution in [3.05, 3.63) is 35.4 Å². The SMILES string of the molecule is N#Cc1ccc(CNCC2(CO)CCCCC2)cc1. The molecule has 102 valence electrons. The van der Waals surface area contributed by atoms with Crippen LogP contribution in [0.2, 0.25) is 0 Å². The van der Waals surface area contributed by atoms with Crippen LogP contribution in [-0.4, -0.2) is 18.3 Å². The summed E-state index contributed by atoms with van der Waals surface area (Å²) in [4.78, 5) is 0. The molecule has 0 aliphatic heterocycles. The quantitative estimate of drug-likeness (QED) is 0.853. The van der Waals surface area contributed by atoms with E-state index in [1.54, 1.807) is 0 Å². The van der Waals surface area contributed by atoms with Crippen molar-refractivity contribution in [2.45, 2.75) is 38.6 Å². The first-order valence-electron chi connectivity index (χ1n) is 7.09. The molecule has 1 aromatic rings. The molecule has 3 nitrogen and oxygen atoms in total. The average Bonchev–Trinajstić information content (AvgIpc) is 2.49. The van der Waals surface area contributed by atoms with Gasteiger partial charge in [0.05, 0.1) is 11.6 Å². The minimum absolute atomic E-state index is 0.0881. The number of benzene rings is 1. The number of hydrogen-bond donors (Lipinski definition) is 2. The smallest absolute Gasteiger partial charge is 0.0991 e. The molecule has 0 unspecified atom stereocenters. The van der Waals surface area contributed by atoms with Crippen molar-refractivity contribution in [3.63, 3.8) is 0 Å². The molecule has 0 atom stereocenters. The summed E-state index contributed by atoms with van der Waals surface area (Å²) in [6, 6.07) is 9.79. The number of nitrogens with zero attached hydrogens (tertiary/aromatic N) is 1. The fourth-order valence-corrected chi connectivity index (χ4v) is 2.86. The van der Waals surface area contributed by atoms with Gasteiger partial charge in [0.25, 0.3) is 0 Å². The summed E-state index contributed by atoms with van der Waals surface area (Å²) in [6.07, 6.45) is 6.03. The summed E-state index contributed by atoms with van der Waals surface area (Å²) in [7, 11) is 0. The van der Waals surface area contributed by atoms with E-state index in [9.17, 15) is 5.11 Å². The summed E-state index contributed by atoms with van der Waals surface area (Å²) in [5, 5.41) is 21.8. The second-order valence-electron chi connectivity index (χ2n) is 5.63. The molecule has 0 bridgehead atoms. The molecular weight excluding hydrogens is 236 g/mol. The van der Waals surface area contributed by atoms with Crippen LogP contribution in [-0.2, 0) is 6.54 Å². The van der Waals surface area contributed by atoms with Gasteiger partial charge in [-0.1, -0.05) is 31.4 Å². The van der Waals surface area contributed by atoms with E-state index in [-0.39, 0.29) is 12.0 Å². The van der Waals surface area contributed by atoms with Gasteiger partial charge in [-0.05, 0) is 30.5 Å². The molecule has 0 radical (unpaired) electrons. The maximum absolute atomic E-state index is 9.63. The van der Waals surface area contributed by atoms with Crippen LogP contribution in [0.4, 0.5) is 0 Å². The molecule has 0 amide bonds. The molecule has 1 saturated carbocycles. The van der Waals surface area contributed by atoms with Gasteiger partial charge in [0.1, 0.15) is 0 Å². The van der Waals surface area contributed by atoms with E-state index in [2.05, 4.69) is 11.4 Å². The van der Waals surface area contributed by atoms with Crippen molar-refractivity contribution < 1.29 is 5.11 Å². The third-order valence-electron chi connectivity index (χ3n) is 4.16. The number of rotatable bonds is 5. The van der Waals surface area contributed by atoms with Crippen molar-refractivity contribution in [2.75, 3.05) is 13.2 Å². The van der Waals surface area contributed by atoms with Crippen molar-refractivity contribution in [1.82, 2.24) is 5.32 Å². The Kier molecular flexibility index (Phi) is 4.95. The minimum atomic E-state index is 0.0881. The van der Waals surface area contributed by atoms with Crippen LogP contribution in [0.5, 0.6) is 0 Å². The van der Waals surface area contributed by atoms with Gasteiger partial charge in [0.2, 0.25) is 0 Å². The number of nitriles is 1. The number of aliphatic hydroxyl groups is 1. The third kappa shape index (κ3) is 3.79. The Morgan fingerprint density at radius 1 is 1.16 bits per heavy atom.